The average Bonchev–Trinajstić information content (AvgIpc) is 2.98. The van der Waals surface area contributed by atoms with Crippen LogP contribution in [0.15, 0.2) is 17.5 Å². The fraction of sp³-hybridized carbons (Fsp3) is 0.417. The van der Waals surface area contributed by atoms with E-state index in [1.165, 1.54) is 16.7 Å². The first-order chi connectivity index (χ1) is 9.06. The van der Waals surface area contributed by atoms with E-state index in [0.717, 1.165) is 12.8 Å². The Morgan fingerprint density at radius 3 is 2.74 bits per heavy atom. The van der Waals surface area contributed by atoms with Crippen LogP contribution in [0, 0.1) is 0 Å². The van der Waals surface area contributed by atoms with Crippen LogP contribution in [0.4, 0.5) is 4.79 Å². The minimum atomic E-state index is -1.06. The highest BCUT2D eigenvalue weighted by atomic mass is 32.1. The molecule has 0 fully saturated rings. The number of aromatic nitrogens is 1. The summed E-state index contributed by atoms with van der Waals surface area (Å²) in [6.45, 7) is 1.77. The molecule has 0 radical (unpaired) electrons. The molecule has 1 atom stereocenters. The number of carbonyl (C=O) groups is 2. The molecule has 6 nitrogen and oxygen atoms in total. The molecule has 7 heteroatoms. The first kappa shape index (κ1) is 13.5. The Morgan fingerprint density at radius 2 is 2.16 bits per heavy atom. The molecule has 0 spiro atoms. The lowest BCUT2D eigenvalue weighted by molar-refractivity contribution is 0.0691. The first-order valence-corrected chi connectivity index (χ1v) is 6.85. The van der Waals surface area contributed by atoms with Crippen LogP contribution >= 0.6 is 11.3 Å². The fourth-order valence-electron chi connectivity index (χ4n) is 1.81. The Bertz CT molecular complexity index is 504. The van der Waals surface area contributed by atoms with E-state index in [4.69, 9.17) is 5.11 Å². The van der Waals surface area contributed by atoms with Crippen molar-refractivity contribution in [2.75, 3.05) is 0 Å². The number of carboxylic acid groups (broad SMARTS) is 1. The molecule has 1 aliphatic carbocycles. The Kier molecular flexibility index (Phi) is 4.16. The van der Waals surface area contributed by atoms with Crippen molar-refractivity contribution in [2.45, 2.75) is 31.8 Å². The maximum absolute atomic E-state index is 11.7. The average molecular weight is 281 g/mol. The molecular weight excluding hydrogens is 266 g/mol. The van der Waals surface area contributed by atoms with Gasteiger partial charge in [0.05, 0.1) is 6.04 Å². The zero-order chi connectivity index (χ0) is 13.8. The van der Waals surface area contributed by atoms with Crippen LogP contribution in [0.3, 0.4) is 0 Å². The number of nitrogens with zero attached hydrogens (tertiary/aromatic N) is 1. The molecule has 1 heterocycles. The van der Waals surface area contributed by atoms with Crippen LogP contribution in [0.5, 0.6) is 0 Å². The van der Waals surface area contributed by atoms with Gasteiger partial charge in [-0.3, -0.25) is 0 Å². The second-order valence-corrected chi connectivity index (χ2v) is 5.25. The van der Waals surface area contributed by atoms with Crippen molar-refractivity contribution in [3.63, 3.8) is 0 Å². The van der Waals surface area contributed by atoms with Gasteiger partial charge in [0.2, 0.25) is 0 Å². The molecule has 0 bridgehead atoms. The molecule has 2 amide bonds. The second-order valence-electron chi connectivity index (χ2n) is 4.36. The Morgan fingerprint density at radius 1 is 1.47 bits per heavy atom. The van der Waals surface area contributed by atoms with Crippen molar-refractivity contribution in [3.8, 4) is 0 Å². The van der Waals surface area contributed by atoms with Gasteiger partial charge >= 0.3 is 12.0 Å². The van der Waals surface area contributed by atoms with E-state index in [-0.39, 0.29) is 23.8 Å². The smallest absolute Gasteiger partial charge is 0.355 e. The van der Waals surface area contributed by atoms with E-state index in [9.17, 15) is 9.59 Å². The van der Waals surface area contributed by atoms with E-state index in [1.807, 2.05) is 12.2 Å². The van der Waals surface area contributed by atoms with Gasteiger partial charge in [0.25, 0.3) is 0 Å². The summed E-state index contributed by atoms with van der Waals surface area (Å²) < 4.78 is 0. The quantitative estimate of drug-likeness (QED) is 0.735. The van der Waals surface area contributed by atoms with Gasteiger partial charge in [0.1, 0.15) is 5.01 Å². The third-order valence-electron chi connectivity index (χ3n) is 2.80. The van der Waals surface area contributed by atoms with Gasteiger partial charge in [-0.15, -0.1) is 11.3 Å². The molecule has 102 valence electrons. The second kappa shape index (κ2) is 5.83. The number of amides is 2. The molecule has 19 heavy (non-hydrogen) atoms. The largest absolute Gasteiger partial charge is 0.476 e. The minimum absolute atomic E-state index is 0.00838. The maximum atomic E-state index is 11.7. The molecule has 0 saturated carbocycles. The molecule has 3 N–H and O–H groups in total. The summed E-state index contributed by atoms with van der Waals surface area (Å²) in [7, 11) is 0. The molecule has 0 aliphatic heterocycles. The molecule has 1 unspecified atom stereocenters. The number of nitrogens with one attached hydrogen (secondary N) is 2. The summed E-state index contributed by atoms with van der Waals surface area (Å²) in [5.74, 6) is -1.06. The summed E-state index contributed by atoms with van der Waals surface area (Å²) in [6.07, 6.45) is 5.77. The fourth-order valence-corrected chi connectivity index (χ4v) is 2.61. The van der Waals surface area contributed by atoms with E-state index < -0.39 is 5.97 Å². The van der Waals surface area contributed by atoms with Crippen LogP contribution in [-0.2, 0) is 0 Å². The lowest BCUT2D eigenvalue weighted by Gasteiger charge is -2.16. The van der Waals surface area contributed by atoms with Crippen molar-refractivity contribution in [2.24, 2.45) is 0 Å². The normalized spacial score (nSPS) is 16.3. The van der Waals surface area contributed by atoms with E-state index in [2.05, 4.69) is 15.6 Å². The molecule has 1 aromatic heterocycles. The monoisotopic (exact) mass is 281 g/mol. The summed E-state index contributed by atoms with van der Waals surface area (Å²) >= 11 is 1.22. The third-order valence-corrected chi connectivity index (χ3v) is 3.83. The molecule has 0 aromatic carbocycles. The number of aromatic carboxylic acids is 1. The van der Waals surface area contributed by atoms with Gasteiger partial charge in [-0.2, -0.15) is 0 Å². The number of hydrogen-bond donors (Lipinski definition) is 3. The number of carbonyl (C=O) groups excluding carboxylic acids is 1. The van der Waals surface area contributed by atoms with Crippen LogP contribution in [0.25, 0.3) is 0 Å². The van der Waals surface area contributed by atoms with Crippen molar-refractivity contribution < 1.29 is 14.7 Å². The van der Waals surface area contributed by atoms with Crippen LogP contribution in [0.1, 0.15) is 41.3 Å². The molecule has 0 saturated heterocycles. The highest BCUT2D eigenvalue weighted by Gasteiger charge is 2.18. The van der Waals surface area contributed by atoms with Gasteiger partial charge in [-0.1, -0.05) is 12.2 Å². The Labute approximate surface area is 114 Å². The highest BCUT2D eigenvalue weighted by molar-refractivity contribution is 7.09. The van der Waals surface area contributed by atoms with Crippen LogP contribution in [0.2, 0.25) is 0 Å². The number of rotatable bonds is 4. The standard InChI is InChI=1S/C12H15N3O3S/c1-7(10-15-9(6-19-10)11(16)17)13-12(18)14-8-4-2-3-5-8/h2-3,6-8H,4-5H2,1H3,(H,16,17)(H2,13,14,18). The van der Waals surface area contributed by atoms with Crippen molar-refractivity contribution in [3.05, 3.63) is 28.2 Å². The number of carboxylic acids is 1. The SMILES string of the molecule is CC(NC(=O)NC1CC=CC1)c1nc(C(=O)O)cs1. The Hall–Kier alpha value is -1.89. The lowest BCUT2D eigenvalue weighted by atomic mass is 10.2. The predicted octanol–water partition coefficient (Wildman–Crippen LogP) is 1.92. The zero-order valence-corrected chi connectivity index (χ0v) is 11.2. The first-order valence-electron chi connectivity index (χ1n) is 5.97. The van der Waals surface area contributed by atoms with Crippen LogP contribution < -0.4 is 10.6 Å². The molecular formula is C12H15N3O3S. The summed E-state index contributed by atoms with van der Waals surface area (Å²) in [4.78, 5) is 26.4. The minimum Gasteiger partial charge on any atom is -0.476 e. The van der Waals surface area contributed by atoms with Crippen molar-refractivity contribution >= 4 is 23.3 Å². The van der Waals surface area contributed by atoms with E-state index >= 15 is 0 Å². The summed E-state index contributed by atoms with van der Waals surface area (Å²) in [5.41, 5.74) is 0.00838. The topological polar surface area (TPSA) is 91.3 Å². The van der Waals surface area contributed by atoms with Gasteiger partial charge in [-0.25, -0.2) is 14.6 Å². The van der Waals surface area contributed by atoms with Gasteiger partial charge in [-0.05, 0) is 19.8 Å². The molecule has 1 aliphatic rings. The highest BCUT2D eigenvalue weighted by Crippen LogP contribution is 2.18. The van der Waals surface area contributed by atoms with Crippen LogP contribution in [-0.4, -0.2) is 28.1 Å². The maximum Gasteiger partial charge on any atom is 0.355 e. The number of thiazole rings is 1. The number of hydrogen-bond acceptors (Lipinski definition) is 4. The van der Waals surface area contributed by atoms with Gasteiger partial charge in [0, 0.05) is 11.4 Å². The third kappa shape index (κ3) is 3.54. The predicted molar refractivity (Wildman–Crippen MR) is 71.3 cm³/mol. The summed E-state index contributed by atoms with van der Waals surface area (Å²) in [6, 6.07) is -0.418. The Balaban J connectivity index is 1.86. The van der Waals surface area contributed by atoms with Crippen molar-refractivity contribution in [1.29, 1.82) is 0 Å². The van der Waals surface area contributed by atoms with Gasteiger partial charge in [0.15, 0.2) is 5.69 Å². The van der Waals surface area contributed by atoms with E-state index in [1.54, 1.807) is 6.92 Å². The van der Waals surface area contributed by atoms with Crippen molar-refractivity contribution in [1.82, 2.24) is 15.6 Å². The molecule has 2 rings (SSSR count). The summed E-state index contributed by atoms with van der Waals surface area (Å²) in [5, 5.41) is 16.4. The number of urea groups is 1. The lowest BCUT2D eigenvalue weighted by Crippen LogP contribution is -2.41. The zero-order valence-electron chi connectivity index (χ0n) is 10.4. The van der Waals surface area contributed by atoms with Gasteiger partial charge < -0.3 is 15.7 Å². The molecule has 1 aromatic rings. The van der Waals surface area contributed by atoms with E-state index in [0.29, 0.717) is 5.01 Å².